The Morgan fingerprint density at radius 1 is 1.08 bits per heavy atom. The van der Waals surface area contributed by atoms with Crippen molar-refractivity contribution in [2.24, 2.45) is 34.5 Å². The molecular weight excluding hydrogens is 324 g/mol. The van der Waals surface area contributed by atoms with Crippen molar-refractivity contribution in [3.05, 3.63) is 0 Å². The van der Waals surface area contributed by atoms with Crippen LogP contribution >= 0.6 is 0 Å². The summed E-state index contributed by atoms with van der Waals surface area (Å²) in [5.41, 5.74) is -0.661. The molecule has 4 saturated carbocycles. The third-order valence-electron chi connectivity index (χ3n) is 9.34. The van der Waals surface area contributed by atoms with Crippen LogP contribution in [0.3, 0.4) is 0 Å². The van der Waals surface area contributed by atoms with E-state index in [0.717, 1.165) is 38.0 Å². The maximum absolute atomic E-state index is 11.4. The van der Waals surface area contributed by atoms with Gasteiger partial charge in [0.25, 0.3) is 0 Å². The van der Waals surface area contributed by atoms with Crippen molar-refractivity contribution in [1.82, 2.24) is 0 Å². The number of carbonyl (C=O) groups excluding carboxylic acids is 1. The van der Waals surface area contributed by atoms with Crippen LogP contribution in [-0.4, -0.2) is 22.8 Å². The summed E-state index contributed by atoms with van der Waals surface area (Å²) in [6.07, 6.45) is 15.7. The molecule has 3 nitrogen and oxygen atoms in total. The molecule has 0 aliphatic heterocycles. The highest BCUT2D eigenvalue weighted by Crippen LogP contribution is 2.68. The van der Waals surface area contributed by atoms with E-state index in [4.69, 9.17) is 11.2 Å². The van der Waals surface area contributed by atoms with Crippen LogP contribution in [0.4, 0.5) is 0 Å². The Hall–Kier alpha value is -1.01. The minimum absolute atomic E-state index is 0.110. The first kappa shape index (κ1) is 18.4. The first-order valence-electron chi connectivity index (χ1n) is 10.6. The summed E-state index contributed by atoms with van der Waals surface area (Å²) >= 11 is 0. The number of hydrogen-bond acceptors (Lipinski definition) is 3. The predicted molar refractivity (Wildman–Crippen MR) is 101 cm³/mol. The van der Waals surface area contributed by atoms with Crippen LogP contribution in [0.1, 0.15) is 78.6 Å². The molecule has 0 aromatic heterocycles. The molecule has 0 heterocycles. The molecule has 0 aromatic rings. The van der Waals surface area contributed by atoms with Crippen molar-refractivity contribution in [2.45, 2.75) is 90.3 Å². The molecule has 4 aliphatic carbocycles. The molecule has 4 rings (SSSR count). The van der Waals surface area contributed by atoms with Gasteiger partial charge in [-0.2, -0.15) is 0 Å². The Bertz CT molecular complexity index is 636. The first-order chi connectivity index (χ1) is 12.2. The van der Waals surface area contributed by atoms with Gasteiger partial charge < -0.3 is 9.84 Å². The second-order valence-corrected chi connectivity index (χ2v) is 10.2. The summed E-state index contributed by atoms with van der Waals surface area (Å²) in [5.74, 6) is 5.29. The lowest BCUT2D eigenvalue weighted by atomic mass is 9.44. The van der Waals surface area contributed by atoms with E-state index in [1.807, 2.05) is 0 Å². The van der Waals surface area contributed by atoms with E-state index in [1.165, 1.54) is 32.6 Å². The topological polar surface area (TPSA) is 46.5 Å². The first-order valence-corrected chi connectivity index (χ1v) is 10.6. The smallest absolute Gasteiger partial charge is 0.302 e. The molecular formula is C23H34O3. The molecule has 0 spiro atoms. The highest BCUT2D eigenvalue weighted by Gasteiger charge is 2.64. The fourth-order valence-corrected chi connectivity index (χ4v) is 7.81. The van der Waals surface area contributed by atoms with Gasteiger partial charge in [-0.15, -0.1) is 6.42 Å². The van der Waals surface area contributed by atoms with Crippen molar-refractivity contribution < 1.29 is 14.6 Å². The van der Waals surface area contributed by atoms with Crippen molar-refractivity contribution in [3.63, 3.8) is 0 Å². The number of fused-ring (bicyclic) bond motifs is 5. The van der Waals surface area contributed by atoms with Crippen LogP contribution in [0.2, 0.25) is 0 Å². The van der Waals surface area contributed by atoms with Gasteiger partial charge in [0.15, 0.2) is 0 Å². The van der Waals surface area contributed by atoms with E-state index in [2.05, 4.69) is 19.8 Å². The Kier molecular flexibility index (Phi) is 4.23. The minimum atomic E-state index is -0.909. The predicted octanol–water partition coefficient (Wildman–Crippen LogP) is 4.33. The third kappa shape index (κ3) is 2.40. The van der Waals surface area contributed by atoms with E-state index >= 15 is 0 Å². The fraction of sp³-hybridized carbons (Fsp3) is 0.870. The quantitative estimate of drug-likeness (QED) is 0.561. The lowest BCUT2D eigenvalue weighted by Crippen LogP contribution is -2.56. The number of carbonyl (C=O) groups is 1. The zero-order valence-electron chi connectivity index (χ0n) is 16.6. The highest BCUT2D eigenvalue weighted by atomic mass is 16.5. The normalized spacial score (nSPS) is 53.0. The second kappa shape index (κ2) is 5.99. The van der Waals surface area contributed by atoms with Crippen molar-refractivity contribution in [2.75, 3.05) is 0 Å². The van der Waals surface area contributed by atoms with Crippen LogP contribution in [-0.2, 0) is 9.53 Å². The summed E-state index contributed by atoms with van der Waals surface area (Å²) in [6, 6.07) is 0. The minimum Gasteiger partial charge on any atom is -0.463 e. The maximum Gasteiger partial charge on any atom is 0.302 e. The summed E-state index contributed by atoms with van der Waals surface area (Å²) in [4.78, 5) is 11.4. The monoisotopic (exact) mass is 358 g/mol. The molecule has 0 bridgehead atoms. The van der Waals surface area contributed by atoms with Gasteiger partial charge in [-0.05, 0) is 86.9 Å². The van der Waals surface area contributed by atoms with Crippen molar-refractivity contribution in [3.8, 4) is 12.3 Å². The molecule has 4 fully saturated rings. The van der Waals surface area contributed by atoms with Crippen molar-refractivity contribution >= 4 is 5.97 Å². The van der Waals surface area contributed by atoms with Gasteiger partial charge in [-0.3, -0.25) is 4.79 Å². The summed E-state index contributed by atoms with van der Waals surface area (Å²) in [7, 11) is 0. The second-order valence-electron chi connectivity index (χ2n) is 10.2. The zero-order chi connectivity index (χ0) is 18.7. The zero-order valence-corrected chi connectivity index (χ0v) is 16.6. The Balaban J connectivity index is 1.56. The fourth-order valence-electron chi connectivity index (χ4n) is 7.81. The molecule has 0 amide bonds. The standard InChI is InChI=1S/C23H34O3/c1-5-23(25)13-10-20-18-7-6-16-14-17(26-15(2)24)8-11-21(16,3)19(18)9-12-22(20,23)4/h1,16-20,25H,6-14H2,2-4H3/t16-,17+,18?,19?,20?,21-,22-,23-/m0/s1. The maximum atomic E-state index is 11.4. The van der Waals surface area contributed by atoms with Gasteiger partial charge in [0.05, 0.1) is 0 Å². The average Bonchev–Trinajstić information content (AvgIpc) is 2.87. The van der Waals surface area contributed by atoms with Gasteiger partial charge in [-0.1, -0.05) is 19.8 Å². The number of rotatable bonds is 1. The van der Waals surface area contributed by atoms with Gasteiger partial charge in [-0.25, -0.2) is 0 Å². The summed E-state index contributed by atoms with van der Waals surface area (Å²) in [5, 5.41) is 11.1. The van der Waals surface area contributed by atoms with Gasteiger partial charge in [0, 0.05) is 12.3 Å². The van der Waals surface area contributed by atoms with Crippen LogP contribution in [0.25, 0.3) is 0 Å². The molecule has 4 aliphatic rings. The van der Waals surface area contributed by atoms with Crippen molar-refractivity contribution in [1.29, 1.82) is 0 Å². The van der Waals surface area contributed by atoms with Crippen LogP contribution in [0, 0.1) is 46.8 Å². The Morgan fingerprint density at radius 2 is 1.81 bits per heavy atom. The molecule has 3 unspecified atom stereocenters. The number of ether oxygens (including phenoxy) is 1. The lowest BCUT2D eigenvalue weighted by Gasteiger charge is -2.61. The molecule has 26 heavy (non-hydrogen) atoms. The molecule has 8 atom stereocenters. The summed E-state index contributed by atoms with van der Waals surface area (Å²) in [6.45, 7) is 6.29. The summed E-state index contributed by atoms with van der Waals surface area (Å²) < 4.78 is 5.55. The van der Waals surface area contributed by atoms with E-state index in [9.17, 15) is 9.90 Å². The average molecular weight is 359 g/mol. The van der Waals surface area contributed by atoms with Gasteiger partial charge in [0.2, 0.25) is 0 Å². The van der Waals surface area contributed by atoms with E-state index in [-0.39, 0.29) is 17.5 Å². The number of terminal acetylenes is 1. The van der Waals surface area contributed by atoms with Crippen LogP contribution in [0.15, 0.2) is 0 Å². The van der Waals surface area contributed by atoms with E-state index in [1.54, 1.807) is 0 Å². The number of esters is 1. The molecule has 144 valence electrons. The lowest BCUT2D eigenvalue weighted by molar-refractivity contribution is -0.163. The largest absolute Gasteiger partial charge is 0.463 e. The number of aliphatic hydroxyl groups is 1. The van der Waals surface area contributed by atoms with Gasteiger partial charge in [0.1, 0.15) is 11.7 Å². The van der Waals surface area contributed by atoms with Crippen LogP contribution in [0.5, 0.6) is 0 Å². The highest BCUT2D eigenvalue weighted by molar-refractivity contribution is 5.66. The molecule has 0 aromatic carbocycles. The van der Waals surface area contributed by atoms with E-state index in [0.29, 0.717) is 23.2 Å². The molecule has 0 radical (unpaired) electrons. The van der Waals surface area contributed by atoms with Gasteiger partial charge >= 0.3 is 5.97 Å². The molecule has 1 N–H and O–H groups in total. The third-order valence-corrected chi connectivity index (χ3v) is 9.34. The Labute approximate surface area is 158 Å². The van der Waals surface area contributed by atoms with Crippen LogP contribution < -0.4 is 0 Å². The molecule has 3 heteroatoms. The number of hydrogen-bond donors (Lipinski definition) is 1. The SMILES string of the molecule is C#C[C@]1(O)CCC2C3CC[C@H]4C[C@H](OC(C)=O)CC[C@]4(C)C3CC[C@@]21C. The van der Waals surface area contributed by atoms with E-state index < -0.39 is 5.60 Å². The Morgan fingerprint density at radius 3 is 2.50 bits per heavy atom. The molecule has 0 saturated heterocycles.